The predicted molar refractivity (Wildman–Crippen MR) is 103 cm³/mol. The summed E-state index contributed by atoms with van der Waals surface area (Å²) in [6.45, 7) is 10.9. The number of H-pyrrole nitrogens is 1. The lowest BCUT2D eigenvalue weighted by molar-refractivity contribution is 1.08. The largest absolute Gasteiger partial charge is 0.346 e. The Bertz CT molecular complexity index is 751. The highest BCUT2D eigenvalue weighted by Gasteiger charge is 2.08. The number of aromatic amines is 1. The van der Waals surface area contributed by atoms with Crippen molar-refractivity contribution in [2.75, 3.05) is 0 Å². The first-order valence-electron chi connectivity index (χ1n) is 7.73. The van der Waals surface area contributed by atoms with E-state index in [2.05, 4.69) is 36.5 Å². The number of thioether (sulfide) groups is 1. The Kier molecular flexibility index (Phi) is 6.41. The van der Waals surface area contributed by atoms with Gasteiger partial charge in [-0.1, -0.05) is 44.7 Å². The zero-order chi connectivity index (χ0) is 16.7. The molecule has 0 aliphatic heterocycles. The van der Waals surface area contributed by atoms with Crippen LogP contribution in [-0.4, -0.2) is 20.3 Å². The van der Waals surface area contributed by atoms with Gasteiger partial charge in [-0.05, 0) is 24.6 Å². The van der Waals surface area contributed by atoms with Gasteiger partial charge in [-0.3, -0.25) is 4.99 Å². The van der Waals surface area contributed by atoms with Crippen molar-refractivity contribution in [1.82, 2.24) is 9.97 Å². The predicted octanol–water partition coefficient (Wildman–Crippen LogP) is 5.29. The number of nitrogens with one attached hydrogen (secondary N) is 1. The van der Waals surface area contributed by atoms with Gasteiger partial charge in [0.2, 0.25) is 0 Å². The van der Waals surface area contributed by atoms with E-state index in [0.717, 1.165) is 21.7 Å². The minimum absolute atomic E-state index is 0.465. The summed E-state index contributed by atoms with van der Waals surface area (Å²) in [7, 11) is 0. The summed E-state index contributed by atoms with van der Waals surface area (Å²) in [6.07, 6.45) is 11.7. The highest BCUT2D eigenvalue weighted by molar-refractivity contribution is 8.14. The lowest BCUT2D eigenvalue weighted by atomic mass is 10.2. The second-order valence-corrected chi connectivity index (χ2v) is 6.92. The Morgan fingerprint density at radius 2 is 2.26 bits per heavy atom. The third-order valence-corrected chi connectivity index (χ3v) is 4.29. The first-order chi connectivity index (χ1) is 11.2. The van der Waals surface area contributed by atoms with Crippen molar-refractivity contribution in [3.05, 3.63) is 66.5 Å². The molecule has 0 bridgehead atoms. The van der Waals surface area contributed by atoms with E-state index in [4.69, 9.17) is 4.99 Å². The quantitative estimate of drug-likeness (QED) is 0.445. The van der Waals surface area contributed by atoms with Crippen LogP contribution in [0.3, 0.4) is 0 Å². The van der Waals surface area contributed by atoms with Crippen molar-refractivity contribution >= 4 is 27.8 Å². The molecule has 120 valence electrons. The van der Waals surface area contributed by atoms with Crippen molar-refractivity contribution in [3.63, 3.8) is 0 Å². The molecule has 0 atom stereocenters. The third-order valence-electron chi connectivity index (χ3n) is 3.23. The molecule has 0 unspecified atom stereocenters. The first kappa shape index (κ1) is 17.3. The molecule has 0 saturated carbocycles. The smallest absolute Gasteiger partial charge is 0.137 e. The fraction of sp³-hybridized carbons (Fsp3) is 0.263. The summed E-state index contributed by atoms with van der Waals surface area (Å²) in [6, 6.07) is 4.08. The Morgan fingerprint density at radius 3 is 2.96 bits per heavy atom. The first-order valence-corrected chi connectivity index (χ1v) is 8.61. The van der Waals surface area contributed by atoms with Crippen LogP contribution in [-0.2, 0) is 6.54 Å². The molecule has 0 fully saturated rings. The topological polar surface area (TPSA) is 41.0 Å². The van der Waals surface area contributed by atoms with Gasteiger partial charge in [0.1, 0.15) is 5.65 Å². The number of rotatable bonds is 6. The summed E-state index contributed by atoms with van der Waals surface area (Å²) in [5.74, 6) is 0. The molecule has 0 radical (unpaired) electrons. The molecule has 0 aliphatic carbocycles. The molecule has 23 heavy (non-hydrogen) atoms. The summed E-state index contributed by atoms with van der Waals surface area (Å²) in [5, 5.41) is 2.61. The molecule has 2 rings (SSSR count). The monoisotopic (exact) mass is 325 g/mol. The van der Waals surface area contributed by atoms with E-state index >= 15 is 0 Å². The molecule has 3 nitrogen and oxygen atoms in total. The van der Waals surface area contributed by atoms with Crippen LogP contribution in [0.15, 0.2) is 66.0 Å². The van der Waals surface area contributed by atoms with Gasteiger partial charge in [-0.15, -0.1) is 11.8 Å². The van der Waals surface area contributed by atoms with Crippen molar-refractivity contribution in [2.45, 2.75) is 32.6 Å². The highest BCUT2D eigenvalue weighted by atomic mass is 32.2. The third kappa shape index (κ3) is 4.70. The number of hydrogen-bond acceptors (Lipinski definition) is 3. The minimum Gasteiger partial charge on any atom is -0.346 e. The number of aliphatic imine (C=N–C) groups is 1. The van der Waals surface area contributed by atoms with Crippen LogP contribution in [0.2, 0.25) is 0 Å². The van der Waals surface area contributed by atoms with Crippen LogP contribution in [0.1, 0.15) is 26.3 Å². The maximum Gasteiger partial charge on any atom is 0.137 e. The van der Waals surface area contributed by atoms with Gasteiger partial charge < -0.3 is 4.98 Å². The molecule has 0 saturated heterocycles. The normalized spacial score (nSPS) is 13.4. The van der Waals surface area contributed by atoms with Gasteiger partial charge in [-0.2, -0.15) is 0 Å². The molecule has 0 amide bonds. The fourth-order valence-electron chi connectivity index (χ4n) is 2.16. The zero-order valence-corrected chi connectivity index (χ0v) is 14.7. The second kappa shape index (κ2) is 8.53. The number of hydrogen-bond donors (Lipinski definition) is 1. The number of allylic oxidation sites excluding steroid dienone is 4. The van der Waals surface area contributed by atoms with E-state index in [1.807, 2.05) is 49.7 Å². The van der Waals surface area contributed by atoms with Crippen LogP contribution < -0.4 is 0 Å². The zero-order valence-electron chi connectivity index (χ0n) is 13.9. The molecule has 0 aliphatic rings. The molecule has 0 spiro atoms. The second-order valence-electron chi connectivity index (χ2n) is 5.35. The van der Waals surface area contributed by atoms with Crippen LogP contribution in [0.5, 0.6) is 0 Å². The molecule has 2 aromatic heterocycles. The lowest BCUT2D eigenvalue weighted by Crippen LogP contribution is -2.02. The standard InChI is InChI=1S/C19H23N3S/c1-5-7-8-15(6-2)19(23-14(3)4)22-13-16-9-11-20-18-17(16)10-12-21-18/h5-12,14H,2,13H2,1,3-4H3,(H,20,21)/b7-5-,15-8+,22-19?. The Morgan fingerprint density at radius 1 is 1.43 bits per heavy atom. The Hall–Kier alpha value is -2.07. The minimum atomic E-state index is 0.465. The summed E-state index contributed by atoms with van der Waals surface area (Å²) in [4.78, 5) is 12.3. The van der Waals surface area contributed by atoms with Gasteiger partial charge in [-0.25, -0.2) is 4.98 Å². The molecular weight excluding hydrogens is 302 g/mol. The maximum absolute atomic E-state index is 4.85. The summed E-state index contributed by atoms with van der Waals surface area (Å²) < 4.78 is 0. The molecule has 4 heteroatoms. The van der Waals surface area contributed by atoms with E-state index in [1.165, 1.54) is 5.56 Å². The number of fused-ring (bicyclic) bond motifs is 1. The van der Waals surface area contributed by atoms with Crippen molar-refractivity contribution in [1.29, 1.82) is 0 Å². The van der Waals surface area contributed by atoms with Crippen LogP contribution in [0, 0.1) is 0 Å². The van der Waals surface area contributed by atoms with Crippen LogP contribution >= 0.6 is 11.8 Å². The molecule has 2 heterocycles. The number of aromatic nitrogens is 2. The Balaban J connectivity index is 2.33. The van der Waals surface area contributed by atoms with Crippen molar-refractivity contribution in [2.24, 2.45) is 4.99 Å². The van der Waals surface area contributed by atoms with Crippen LogP contribution in [0.25, 0.3) is 11.0 Å². The lowest BCUT2D eigenvalue weighted by Gasteiger charge is -2.10. The van der Waals surface area contributed by atoms with Gasteiger partial charge in [0.25, 0.3) is 0 Å². The Labute approximate surface area is 142 Å². The van der Waals surface area contributed by atoms with E-state index < -0.39 is 0 Å². The average molecular weight is 325 g/mol. The summed E-state index contributed by atoms with van der Waals surface area (Å²) >= 11 is 1.76. The van der Waals surface area contributed by atoms with E-state index in [-0.39, 0.29) is 0 Å². The van der Waals surface area contributed by atoms with Gasteiger partial charge in [0.05, 0.1) is 11.6 Å². The van der Waals surface area contributed by atoms with Crippen molar-refractivity contribution in [3.8, 4) is 0 Å². The fourth-order valence-corrected chi connectivity index (χ4v) is 3.03. The van der Waals surface area contributed by atoms with Gasteiger partial charge >= 0.3 is 0 Å². The maximum atomic E-state index is 4.85. The van der Waals surface area contributed by atoms with E-state index in [1.54, 1.807) is 11.8 Å². The summed E-state index contributed by atoms with van der Waals surface area (Å²) in [5.41, 5.74) is 3.14. The van der Waals surface area contributed by atoms with Crippen LogP contribution in [0.4, 0.5) is 0 Å². The van der Waals surface area contributed by atoms with E-state index in [0.29, 0.717) is 11.8 Å². The van der Waals surface area contributed by atoms with Gasteiger partial charge in [0.15, 0.2) is 0 Å². The SMILES string of the molecule is C=C/C(=C\C=C/C)C(=NCc1ccnc2[nH]ccc12)SC(C)C. The molecular formula is C19H23N3S. The molecule has 0 aromatic carbocycles. The van der Waals surface area contributed by atoms with E-state index in [9.17, 15) is 0 Å². The highest BCUT2D eigenvalue weighted by Crippen LogP contribution is 2.22. The van der Waals surface area contributed by atoms with Crippen molar-refractivity contribution < 1.29 is 0 Å². The molecule has 1 N–H and O–H groups in total. The average Bonchev–Trinajstić information content (AvgIpc) is 3.01. The molecule has 2 aromatic rings. The van der Waals surface area contributed by atoms with Gasteiger partial charge in [0, 0.05) is 28.6 Å². The number of pyridine rings is 1. The number of nitrogens with zero attached hydrogens (tertiary/aromatic N) is 2.